The zero-order valence-electron chi connectivity index (χ0n) is 11.6. The molecular weight excluding hydrogens is 276 g/mol. The van der Waals surface area contributed by atoms with Crippen molar-refractivity contribution in [3.05, 3.63) is 35.9 Å². The highest BCUT2D eigenvalue weighted by molar-refractivity contribution is 7.92. The first-order valence-electron chi connectivity index (χ1n) is 6.65. The molecule has 0 saturated carbocycles. The van der Waals surface area contributed by atoms with Crippen LogP contribution in [0.15, 0.2) is 30.3 Å². The van der Waals surface area contributed by atoms with Crippen molar-refractivity contribution in [3.8, 4) is 0 Å². The third-order valence-corrected chi connectivity index (χ3v) is 5.39. The summed E-state index contributed by atoms with van der Waals surface area (Å²) in [6.45, 7) is 0.256. The van der Waals surface area contributed by atoms with Crippen LogP contribution in [0.5, 0.6) is 0 Å². The second-order valence-electron chi connectivity index (χ2n) is 5.10. The van der Waals surface area contributed by atoms with Crippen molar-refractivity contribution in [3.63, 3.8) is 0 Å². The van der Waals surface area contributed by atoms with E-state index in [9.17, 15) is 9.00 Å². The van der Waals surface area contributed by atoms with Gasteiger partial charge in [-0.3, -0.25) is 4.78 Å². The summed E-state index contributed by atoms with van der Waals surface area (Å²) >= 11 is 0. The molecule has 1 amide bonds. The minimum absolute atomic E-state index is 0.0261. The number of amides is 1. The average molecular weight is 296 g/mol. The molecule has 1 saturated heterocycles. The van der Waals surface area contributed by atoms with Crippen molar-refractivity contribution >= 4 is 15.8 Å². The van der Waals surface area contributed by atoms with Crippen molar-refractivity contribution < 1.29 is 13.7 Å². The predicted molar refractivity (Wildman–Crippen MR) is 78.0 cm³/mol. The maximum atomic E-state index is 12.0. The van der Waals surface area contributed by atoms with Crippen molar-refractivity contribution in [2.24, 2.45) is 0 Å². The summed E-state index contributed by atoms with van der Waals surface area (Å²) in [6.07, 6.45) is 0.857. The second-order valence-corrected chi connectivity index (χ2v) is 7.54. The molecule has 1 aliphatic heterocycles. The quantitative estimate of drug-likeness (QED) is 0.931. The maximum absolute atomic E-state index is 12.0. The minimum atomic E-state index is -2.41. The van der Waals surface area contributed by atoms with E-state index in [-0.39, 0.29) is 18.7 Å². The van der Waals surface area contributed by atoms with Crippen LogP contribution in [0.1, 0.15) is 18.4 Å². The van der Waals surface area contributed by atoms with Crippen molar-refractivity contribution in [2.75, 3.05) is 18.6 Å². The van der Waals surface area contributed by atoms with Gasteiger partial charge in [-0.1, -0.05) is 30.3 Å². The van der Waals surface area contributed by atoms with Crippen molar-refractivity contribution in [2.45, 2.75) is 25.5 Å². The van der Waals surface area contributed by atoms with Crippen LogP contribution in [0.4, 0.5) is 4.79 Å². The molecule has 1 fully saturated rings. The normalized spacial score (nSPS) is 25.9. The van der Waals surface area contributed by atoms with Gasteiger partial charge < -0.3 is 9.64 Å². The Balaban J connectivity index is 1.83. The van der Waals surface area contributed by atoms with Crippen LogP contribution in [0.3, 0.4) is 0 Å². The SMILES string of the molecule is CN(C(=O)OCc1ccccc1)C1CCS(=N)(=O)CC1. The van der Waals surface area contributed by atoms with E-state index in [1.807, 2.05) is 30.3 Å². The molecule has 1 aliphatic rings. The highest BCUT2D eigenvalue weighted by Crippen LogP contribution is 2.18. The predicted octanol–water partition coefficient (Wildman–Crippen LogP) is 2.46. The first-order valence-corrected chi connectivity index (χ1v) is 8.55. The van der Waals surface area contributed by atoms with E-state index in [1.54, 1.807) is 11.9 Å². The lowest BCUT2D eigenvalue weighted by Gasteiger charge is -2.31. The third-order valence-electron chi connectivity index (χ3n) is 3.60. The first-order chi connectivity index (χ1) is 9.48. The lowest BCUT2D eigenvalue weighted by molar-refractivity contribution is 0.0891. The summed E-state index contributed by atoms with van der Waals surface area (Å²) < 4.78 is 24.4. The van der Waals surface area contributed by atoms with E-state index < -0.39 is 9.73 Å². The number of ether oxygens (including phenoxy) is 1. The Hall–Kier alpha value is -1.56. The second kappa shape index (κ2) is 6.26. The summed E-state index contributed by atoms with van der Waals surface area (Å²) in [5.74, 6) is 0.738. The van der Waals surface area contributed by atoms with Gasteiger partial charge in [0.2, 0.25) is 0 Å². The molecule has 0 spiro atoms. The van der Waals surface area contributed by atoms with E-state index in [2.05, 4.69) is 0 Å². The van der Waals surface area contributed by atoms with Gasteiger partial charge >= 0.3 is 6.09 Å². The van der Waals surface area contributed by atoms with Crippen molar-refractivity contribution in [1.29, 1.82) is 4.78 Å². The van der Waals surface area contributed by atoms with Crippen molar-refractivity contribution in [1.82, 2.24) is 4.90 Å². The number of carbonyl (C=O) groups excluding carboxylic acids is 1. The van der Waals surface area contributed by atoms with E-state index in [0.29, 0.717) is 24.3 Å². The zero-order chi connectivity index (χ0) is 14.6. The Morgan fingerprint density at radius 2 is 1.95 bits per heavy atom. The Bertz CT molecular complexity index is 543. The van der Waals surface area contributed by atoms with Gasteiger partial charge in [0.1, 0.15) is 6.61 Å². The van der Waals surface area contributed by atoms with Gasteiger partial charge in [0.05, 0.1) is 0 Å². The lowest BCUT2D eigenvalue weighted by atomic mass is 10.1. The van der Waals surface area contributed by atoms with E-state index >= 15 is 0 Å². The van der Waals surface area contributed by atoms with Gasteiger partial charge in [-0.15, -0.1) is 0 Å². The topological polar surface area (TPSA) is 70.5 Å². The van der Waals surface area contributed by atoms with Gasteiger partial charge in [-0.2, -0.15) is 0 Å². The molecule has 1 aromatic rings. The number of benzene rings is 1. The number of hydrogen-bond acceptors (Lipinski definition) is 4. The fourth-order valence-electron chi connectivity index (χ4n) is 2.26. The van der Waals surface area contributed by atoms with E-state index in [1.165, 1.54) is 0 Å². The smallest absolute Gasteiger partial charge is 0.410 e. The van der Waals surface area contributed by atoms with Crippen LogP contribution in [0.25, 0.3) is 0 Å². The molecular formula is C14H20N2O3S. The zero-order valence-corrected chi connectivity index (χ0v) is 12.4. The minimum Gasteiger partial charge on any atom is -0.445 e. The number of carbonyl (C=O) groups is 1. The molecule has 0 radical (unpaired) electrons. The van der Waals surface area contributed by atoms with Crippen LogP contribution in [-0.2, 0) is 21.1 Å². The summed E-state index contributed by atoms with van der Waals surface area (Å²) in [5, 5.41) is 0. The molecule has 1 N–H and O–H groups in total. The number of rotatable bonds is 3. The maximum Gasteiger partial charge on any atom is 0.410 e. The van der Waals surface area contributed by atoms with Gasteiger partial charge in [-0.25, -0.2) is 9.00 Å². The van der Waals surface area contributed by atoms with Crippen LogP contribution in [-0.4, -0.2) is 39.8 Å². The summed E-state index contributed by atoms with van der Waals surface area (Å²) in [7, 11) is -0.705. The Morgan fingerprint density at radius 1 is 1.35 bits per heavy atom. The molecule has 110 valence electrons. The number of nitrogens with one attached hydrogen (secondary N) is 1. The fraction of sp³-hybridized carbons (Fsp3) is 0.500. The molecule has 0 aromatic heterocycles. The number of hydrogen-bond donors (Lipinski definition) is 1. The summed E-state index contributed by atoms with van der Waals surface area (Å²) in [6, 6.07) is 9.56. The lowest BCUT2D eigenvalue weighted by Crippen LogP contribution is -2.42. The average Bonchev–Trinajstić information content (AvgIpc) is 2.45. The summed E-state index contributed by atoms with van der Waals surface area (Å²) in [4.78, 5) is 13.5. The van der Waals surface area contributed by atoms with Crippen LogP contribution >= 0.6 is 0 Å². The van der Waals surface area contributed by atoms with E-state index in [0.717, 1.165) is 5.56 Å². The standard InChI is InChI=1S/C14H20N2O3S/c1-16(13-7-9-20(15,18)10-8-13)14(17)19-11-12-5-3-2-4-6-12/h2-6,13,15H,7-11H2,1H3. The van der Waals surface area contributed by atoms with E-state index in [4.69, 9.17) is 9.52 Å². The molecule has 0 atom stereocenters. The summed E-state index contributed by atoms with van der Waals surface area (Å²) in [5.41, 5.74) is 0.951. The monoisotopic (exact) mass is 296 g/mol. The van der Waals surface area contributed by atoms with Gasteiger partial charge in [-0.05, 0) is 18.4 Å². The molecule has 0 bridgehead atoms. The van der Waals surface area contributed by atoms with Gasteiger partial charge in [0, 0.05) is 34.3 Å². The first kappa shape index (κ1) is 14.8. The molecule has 0 aliphatic carbocycles. The molecule has 2 rings (SSSR count). The highest BCUT2D eigenvalue weighted by Gasteiger charge is 2.27. The molecule has 1 aromatic carbocycles. The molecule has 1 heterocycles. The highest BCUT2D eigenvalue weighted by atomic mass is 32.2. The van der Waals surface area contributed by atoms with Crippen LogP contribution in [0, 0.1) is 4.78 Å². The Morgan fingerprint density at radius 3 is 2.55 bits per heavy atom. The molecule has 20 heavy (non-hydrogen) atoms. The molecule has 6 heteroatoms. The number of nitrogens with zero attached hydrogens (tertiary/aromatic N) is 1. The Kier molecular flexibility index (Phi) is 4.65. The largest absolute Gasteiger partial charge is 0.445 e. The third kappa shape index (κ3) is 3.96. The van der Waals surface area contributed by atoms with Gasteiger partial charge in [0.15, 0.2) is 0 Å². The van der Waals surface area contributed by atoms with Crippen LogP contribution < -0.4 is 0 Å². The Labute approximate surface area is 119 Å². The fourth-order valence-corrected chi connectivity index (χ4v) is 3.77. The van der Waals surface area contributed by atoms with Crippen LogP contribution in [0.2, 0.25) is 0 Å². The van der Waals surface area contributed by atoms with Gasteiger partial charge in [0.25, 0.3) is 0 Å². The molecule has 0 unspecified atom stereocenters. The molecule has 5 nitrogen and oxygen atoms in total.